The van der Waals surface area contributed by atoms with E-state index in [9.17, 15) is 22.8 Å². The summed E-state index contributed by atoms with van der Waals surface area (Å²) in [7, 11) is -4.13. The lowest BCUT2D eigenvalue weighted by atomic mass is 10.1. The van der Waals surface area contributed by atoms with Crippen molar-refractivity contribution in [3.63, 3.8) is 0 Å². The molecule has 1 N–H and O–H groups in total. The fourth-order valence-electron chi connectivity index (χ4n) is 3.43. The predicted molar refractivity (Wildman–Crippen MR) is 136 cm³/mol. The number of hydrogen-bond donors (Lipinski definition) is 1. The highest BCUT2D eigenvalue weighted by Gasteiger charge is 2.37. The van der Waals surface area contributed by atoms with E-state index >= 15 is 0 Å². The maximum absolute atomic E-state index is 13.1. The number of nitrogens with one attached hydrogen (secondary N) is 1. The Bertz CT molecular complexity index is 1550. The molecule has 4 rings (SSSR count). The third-order valence-electron chi connectivity index (χ3n) is 5.36. The molecular weight excluding hydrogens is 527 g/mol. The van der Waals surface area contributed by atoms with Gasteiger partial charge in [-0.3, -0.25) is 14.9 Å². The molecule has 0 aliphatic carbocycles. The Morgan fingerprint density at radius 2 is 1.61 bits per heavy atom. The van der Waals surface area contributed by atoms with E-state index < -0.39 is 28.0 Å². The van der Waals surface area contributed by atoms with E-state index in [-0.39, 0.29) is 26.9 Å². The van der Waals surface area contributed by atoms with Gasteiger partial charge in [0.25, 0.3) is 11.8 Å². The van der Waals surface area contributed by atoms with Crippen LogP contribution < -0.4 is 14.4 Å². The average Bonchev–Trinajstić information content (AvgIpc) is 2.81. The van der Waals surface area contributed by atoms with E-state index in [0.717, 1.165) is 10.5 Å². The summed E-state index contributed by atoms with van der Waals surface area (Å²) in [6.45, 7) is 3.46. The topological polar surface area (TPSA) is 110 Å². The summed E-state index contributed by atoms with van der Waals surface area (Å²) in [6.07, 6.45) is 1.24. The highest BCUT2D eigenvalue weighted by molar-refractivity contribution is 7.87. The average molecular weight is 545 g/mol. The minimum Gasteiger partial charge on any atom is -0.377 e. The van der Waals surface area contributed by atoms with Crippen LogP contribution in [0.4, 0.5) is 10.5 Å². The second-order valence-electron chi connectivity index (χ2n) is 7.88. The lowest BCUT2D eigenvalue weighted by Crippen LogP contribution is -2.54. The third-order valence-corrected chi connectivity index (χ3v) is 7.31. The van der Waals surface area contributed by atoms with E-state index in [4.69, 9.17) is 27.4 Å². The maximum Gasteiger partial charge on any atom is 0.339 e. The molecule has 1 saturated heterocycles. The van der Waals surface area contributed by atoms with Crippen LogP contribution in [0.1, 0.15) is 16.7 Å². The highest BCUT2D eigenvalue weighted by atomic mass is 35.5. The van der Waals surface area contributed by atoms with E-state index in [1.165, 1.54) is 42.5 Å². The molecule has 4 amide bonds. The molecule has 1 fully saturated rings. The standard InChI is InChI=1S/C25H18Cl2N2O6S/c1-14-6-9-17(10-7-14)36(33,34)35-22-11-8-16(13-20(22)27)12-18-23(30)28-25(32)29(24(18)31)21-5-3-4-19(26)15(21)2/h3-13H,1-2H3,(H,28,30,32)/b18-12+. The fraction of sp³-hybridized carbons (Fsp3) is 0.0800. The van der Waals surface area contributed by atoms with Crippen molar-refractivity contribution >= 4 is 62.9 Å². The van der Waals surface area contributed by atoms with Crippen LogP contribution in [0.3, 0.4) is 0 Å². The molecule has 184 valence electrons. The summed E-state index contributed by atoms with van der Waals surface area (Å²) in [5, 5.41) is 2.41. The van der Waals surface area contributed by atoms with E-state index in [1.807, 2.05) is 6.92 Å². The molecular formula is C25H18Cl2N2O6S. The van der Waals surface area contributed by atoms with Crippen LogP contribution in [-0.4, -0.2) is 26.3 Å². The molecule has 3 aromatic rings. The first kappa shape index (κ1) is 25.4. The molecule has 0 unspecified atom stereocenters. The van der Waals surface area contributed by atoms with Crippen molar-refractivity contribution in [3.8, 4) is 5.75 Å². The van der Waals surface area contributed by atoms with Gasteiger partial charge in [0.05, 0.1) is 10.7 Å². The first-order valence-corrected chi connectivity index (χ1v) is 12.6. The monoisotopic (exact) mass is 544 g/mol. The van der Waals surface area contributed by atoms with Crippen LogP contribution in [0.25, 0.3) is 6.08 Å². The SMILES string of the molecule is Cc1ccc(S(=O)(=O)Oc2ccc(/C=C3\C(=O)NC(=O)N(c4cccc(Cl)c4C)C3=O)cc2Cl)cc1. The molecule has 11 heteroatoms. The van der Waals surface area contributed by atoms with Crippen molar-refractivity contribution in [1.29, 1.82) is 0 Å². The Morgan fingerprint density at radius 3 is 2.28 bits per heavy atom. The van der Waals surface area contributed by atoms with Gasteiger partial charge in [-0.25, -0.2) is 9.69 Å². The van der Waals surface area contributed by atoms with Gasteiger partial charge < -0.3 is 4.18 Å². The summed E-state index contributed by atoms with van der Waals surface area (Å²) in [5.41, 5.74) is 1.57. The number of aryl methyl sites for hydroxylation is 1. The number of imide groups is 2. The van der Waals surface area contributed by atoms with Crippen LogP contribution in [0.2, 0.25) is 10.0 Å². The van der Waals surface area contributed by atoms with E-state index in [1.54, 1.807) is 31.2 Å². The molecule has 8 nitrogen and oxygen atoms in total. The van der Waals surface area contributed by atoms with Crippen LogP contribution in [-0.2, 0) is 19.7 Å². The van der Waals surface area contributed by atoms with Crippen LogP contribution in [0.5, 0.6) is 5.75 Å². The quantitative estimate of drug-likeness (QED) is 0.273. The van der Waals surface area contributed by atoms with E-state index in [2.05, 4.69) is 5.32 Å². The van der Waals surface area contributed by atoms with Crippen LogP contribution >= 0.6 is 23.2 Å². The smallest absolute Gasteiger partial charge is 0.339 e. The van der Waals surface area contributed by atoms with Gasteiger partial charge in [-0.2, -0.15) is 8.42 Å². The van der Waals surface area contributed by atoms with Gasteiger partial charge in [0.15, 0.2) is 5.75 Å². The molecule has 0 bridgehead atoms. The minimum atomic E-state index is -4.13. The maximum atomic E-state index is 13.1. The van der Waals surface area contributed by atoms with Crippen LogP contribution in [0.15, 0.2) is 71.1 Å². The lowest BCUT2D eigenvalue weighted by Gasteiger charge is -2.27. The van der Waals surface area contributed by atoms with Gasteiger partial charge in [-0.15, -0.1) is 0 Å². The normalized spacial score (nSPS) is 15.3. The Hall–Kier alpha value is -3.66. The molecule has 36 heavy (non-hydrogen) atoms. The molecule has 0 saturated carbocycles. The number of anilines is 1. The second-order valence-corrected chi connectivity index (χ2v) is 10.2. The van der Waals surface area contributed by atoms with Crippen molar-refractivity contribution in [2.45, 2.75) is 18.7 Å². The number of rotatable bonds is 5. The lowest BCUT2D eigenvalue weighted by molar-refractivity contribution is -0.122. The number of barbiturate groups is 1. The molecule has 0 atom stereocenters. The Balaban J connectivity index is 1.64. The summed E-state index contributed by atoms with van der Waals surface area (Å²) in [4.78, 5) is 38.8. The van der Waals surface area contributed by atoms with Gasteiger partial charge in [-0.05, 0) is 67.4 Å². The number of carbonyl (C=O) groups excluding carboxylic acids is 3. The molecule has 0 spiro atoms. The molecule has 0 radical (unpaired) electrons. The summed E-state index contributed by atoms with van der Waals surface area (Å²) in [5.74, 6) is -1.88. The minimum absolute atomic E-state index is 0.0408. The van der Waals surface area contributed by atoms with Crippen molar-refractivity contribution < 1.29 is 27.0 Å². The van der Waals surface area contributed by atoms with Gasteiger partial charge in [0.1, 0.15) is 10.5 Å². The number of benzene rings is 3. The Labute approximate surface area is 217 Å². The van der Waals surface area contributed by atoms with Crippen molar-refractivity contribution in [2.24, 2.45) is 0 Å². The molecule has 1 heterocycles. The number of urea groups is 1. The number of carbonyl (C=O) groups is 3. The number of hydrogen-bond acceptors (Lipinski definition) is 6. The van der Waals surface area contributed by atoms with E-state index in [0.29, 0.717) is 16.1 Å². The molecule has 3 aromatic carbocycles. The number of halogens is 2. The second kappa shape index (κ2) is 9.77. The van der Waals surface area contributed by atoms with Crippen molar-refractivity contribution in [3.05, 3.63) is 93.0 Å². The first-order chi connectivity index (χ1) is 17.0. The first-order valence-electron chi connectivity index (χ1n) is 10.5. The van der Waals surface area contributed by atoms with Gasteiger partial charge >= 0.3 is 16.1 Å². The zero-order valence-corrected chi connectivity index (χ0v) is 21.2. The summed E-state index contributed by atoms with van der Waals surface area (Å²) in [6, 6.07) is 14.0. The Kier molecular flexibility index (Phi) is 6.90. The van der Waals surface area contributed by atoms with Crippen LogP contribution in [0, 0.1) is 13.8 Å². The van der Waals surface area contributed by atoms with Gasteiger partial charge in [0.2, 0.25) is 0 Å². The molecule has 1 aliphatic heterocycles. The molecule has 1 aliphatic rings. The van der Waals surface area contributed by atoms with Gasteiger partial charge in [0, 0.05) is 5.02 Å². The zero-order chi connectivity index (χ0) is 26.2. The zero-order valence-electron chi connectivity index (χ0n) is 18.9. The summed E-state index contributed by atoms with van der Waals surface area (Å²) < 4.78 is 30.3. The number of amides is 4. The molecule has 0 aromatic heterocycles. The van der Waals surface area contributed by atoms with Gasteiger partial charge in [-0.1, -0.05) is 53.0 Å². The van der Waals surface area contributed by atoms with Crippen molar-refractivity contribution in [1.82, 2.24) is 5.32 Å². The van der Waals surface area contributed by atoms with Crippen molar-refractivity contribution in [2.75, 3.05) is 4.90 Å². The largest absolute Gasteiger partial charge is 0.377 e. The predicted octanol–water partition coefficient (Wildman–Crippen LogP) is 5.04. The third kappa shape index (κ3) is 4.99. The fourth-order valence-corrected chi connectivity index (χ4v) is 4.82. The summed E-state index contributed by atoms with van der Waals surface area (Å²) >= 11 is 12.4. The Morgan fingerprint density at radius 1 is 0.917 bits per heavy atom. The number of nitrogens with zero attached hydrogens (tertiary/aromatic N) is 1. The highest BCUT2D eigenvalue weighted by Crippen LogP contribution is 2.32.